The summed E-state index contributed by atoms with van der Waals surface area (Å²) in [5, 5.41) is 10.1. The molecular formula is C22H36N2O7. The van der Waals surface area contributed by atoms with E-state index in [-0.39, 0.29) is 24.6 Å². The fraction of sp³-hybridized carbons (Fsp3) is 0.864. The van der Waals surface area contributed by atoms with Gasteiger partial charge < -0.3 is 19.3 Å². The van der Waals surface area contributed by atoms with Gasteiger partial charge in [-0.1, -0.05) is 0 Å². The highest BCUT2D eigenvalue weighted by Crippen LogP contribution is 2.42. The third kappa shape index (κ3) is 5.49. The number of nitrogens with zero attached hydrogens (tertiary/aromatic N) is 2. The first-order valence-electron chi connectivity index (χ1n) is 11.5. The van der Waals surface area contributed by atoms with Crippen LogP contribution >= 0.6 is 0 Å². The molecule has 1 N–H and O–H groups in total. The standard InChI is InChI=1S/C22H36N2O7/c1-4-30-20(26)18-10-17(25)13-23(18)11-14-6-7-15-12-24(22(28)29-3)19(9-16(15)8-14)21(27)31-5-2/h14-19,25H,4-13H2,1-3H3/t14?,15?,16?,17-,18+,19?/m0/s1. The second-order valence-corrected chi connectivity index (χ2v) is 8.94. The predicted molar refractivity (Wildman–Crippen MR) is 111 cm³/mol. The molecule has 3 aliphatic rings. The van der Waals surface area contributed by atoms with Crippen molar-refractivity contribution < 1.29 is 33.7 Å². The highest BCUT2D eigenvalue weighted by atomic mass is 16.6. The lowest BCUT2D eigenvalue weighted by Crippen LogP contribution is -2.55. The number of β-amino-alcohol motifs (C(OH)–C–C–N with tert-alkyl or cyclic N) is 1. The Morgan fingerprint density at radius 1 is 0.903 bits per heavy atom. The quantitative estimate of drug-likeness (QED) is 0.488. The van der Waals surface area contributed by atoms with E-state index >= 15 is 0 Å². The molecular weight excluding hydrogens is 404 g/mol. The van der Waals surface area contributed by atoms with Gasteiger partial charge in [-0.05, 0) is 57.3 Å². The molecule has 0 aromatic carbocycles. The highest BCUT2D eigenvalue weighted by Gasteiger charge is 2.46. The van der Waals surface area contributed by atoms with Crippen LogP contribution in [0.4, 0.5) is 4.79 Å². The van der Waals surface area contributed by atoms with Gasteiger partial charge in [0.05, 0.1) is 26.4 Å². The number of hydrogen-bond acceptors (Lipinski definition) is 8. The van der Waals surface area contributed by atoms with E-state index in [2.05, 4.69) is 4.90 Å². The summed E-state index contributed by atoms with van der Waals surface area (Å²) in [5.41, 5.74) is 0. The van der Waals surface area contributed by atoms with Crippen molar-refractivity contribution in [1.82, 2.24) is 9.80 Å². The van der Waals surface area contributed by atoms with Gasteiger partial charge in [-0.3, -0.25) is 14.6 Å². The predicted octanol–water partition coefficient (Wildman–Crippen LogP) is 1.42. The Hall–Kier alpha value is -1.87. The van der Waals surface area contributed by atoms with E-state index in [9.17, 15) is 19.5 Å². The molecule has 9 nitrogen and oxygen atoms in total. The molecule has 176 valence electrons. The minimum atomic E-state index is -0.617. The number of methoxy groups -OCH3 is 1. The summed E-state index contributed by atoms with van der Waals surface area (Å²) in [5.74, 6) is 0.365. The van der Waals surface area contributed by atoms with Crippen LogP contribution in [0.5, 0.6) is 0 Å². The molecule has 3 fully saturated rings. The molecule has 2 heterocycles. The van der Waals surface area contributed by atoms with E-state index in [1.807, 2.05) is 0 Å². The van der Waals surface area contributed by atoms with Gasteiger partial charge in [-0.2, -0.15) is 0 Å². The molecule has 2 aliphatic heterocycles. The lowest BCUT2D eigenvalue weighted by Gasteiger charge is -2.46. The molecule has 0 radical (unpaired) electrons. The second kappa shape index (κ2) is 10.6. The Kier molecular flexibility index (Phi) is 8.16. The van der Waals surface area contributed by atoms with Crippen LogP contribution in [-0.4, -0.2) is 91.1 Å². The van der Waals surface area contributed by atoms with Gasteiger partial charge >= 0.3 is 18.0 Å². The van der Waals surface area contributed by atoms with Gasteiger partial charge in [0.2, 0.25) is 0 Å². The van der Waals surface area contributed by atoms with Crippen molar-refractivity contribution >= 4 is 18.0 Å². The van der Waals surface area contributed by atoms with Gasteiger partial charge in [0.15, 0.2) is 0 Å². The molecule has 1 aliphatic carbocycles. The van der Waals surface area contributed by atoms with Crippen molar-refractivity contribution in [2.75, 3.05) is 40.0 Å². The van der Waals surface area contributed by atoms with E-state index < -0.39 is 18.2 Å². The third-order valence-corrected chi connectivity index (χ3v) is 6.98. The van der Waals surface area contributed by atoms with Crippen molar-refractivity contribution in [2.45, 2.75) is 64.1 Å². The van der Waals surface area contributed by atoms with Crippen LogP contribution in [-0.2, 0) is 23.8 Å². The number of aliphatic hydroxyl groups excluding tert-OH is 1. The number of hydrogen-bond donors (Lipinski definition) is 1. The molecule has 0 aromatic heterocycles. The molecule has 6 atom stereocenters. The summed E-state index contributed by atoms with van der Waals surface area (Å²) >= 11 is 0. The van der Waals surface area contributed by atoms with Gasteiger partial charge in [-0.15, -0.1) is 0 Å². The minimum absolute atomic E-state index is 0.263. The molecule has 2 saturated heterocycles. The summed E-state index contributed by atoms with van der Waals surface area (Å²) in [6.45, 7) is 5.86. The topological polar surface area (TPSA) is 106 Å². The largest absolute Gasteiger partial charge is 0.465 e. The van der Waals surface area contributed by atoms with E-state index in [0.717, 1.165) is 25.8 Å². The fourth-order valence-corrected chi connectivity index (χ4v) is 5.59. The van der Waals surface area contributed by atoms with Crippen molar-refractivity contribution in [3.05, 3.63) is 0 Å². The van der Waals surface area contributed by atoms with E-state index in [0.29, 0.717) is 50.3 Å². The summed E-state index contributed by atoms with van der Waals surface area (Å²) in [6, 6.07) is -1.01. The van der Waals surface area contributed by atoms with Crippen molar-refractivity contribution in [1.29, 1.82) is 0 Å². The monoisotopic (exact) mass is 440 g/mol. The fourth-order valence-electron chi connectivity index (χ4n) is 5.59. The lowest BCUT2D eigenvalue weighted by molar-refractivity contribution is -0.153. The molecule has 0 spiro atoms. The summed E-state index contributed by atoms with van der Waals surface area (Å²) in [4.78, 5) is 40.7. The van der Waals surface area contributed by atoms with Crippen LogP contribution < -0.4 is 0 Å². The van der Waals surface area contributed by atoms with Crippen molar-refractivity contribution in [2.24, 2.45) is 17.8 Å². The normalized spacial score (nSPS) is 33.5. The lowest BCUT2D eigenvalue weighted by atomic mass is 9.69. The van der Waals surface area contributed by atoms with Crippen molar-refractivity contribution in [3.8, 4) is 0 Å². The Morgan fingerprint density at radius 3 is 2.23 bits per heavy atom. The molecule has 1 amide bonds. The molecule has 3 rings (SSSR count). The van der Waals surface area contributed by atoms with Gasteiger partial charge in [0.1, 0.15) is 12.1 Å². The number of amides is 1. The molecule has 0 bridgehead atoms. The Labute approximate surface area is 184 Å². The SMILES string of the molecule is CCOC(=O)C1CC2CC(CN3C[C@@H](O)C[C@@H]3C(=O)OCC)CCC2CN1C(=O)OC. The van der Waals surface area contributed by atoms with E-state index in [1.54, 1.807) is 13.8 Å². The van der Waals surface area contributed by atoms with Crippen LogP contribution in [0.15, 0.2) is 0 Å². The highest BCUT2D eigenvalue weighted by molar-refractivity contribution is 5.81. The zero-order valence-electron chi connectivity index (χ0n) is 18.8. The van der Waals surface area contributed by atoms with Crippen LogP contribution in [0.3, 0.4) is 0 Å². The molecule has 9 heteroatoms. The number of carbonyl (C=O) groups is 3. The molecule has 0 aromatic rings. The number of aliphatic hydroxyl groups is 1. The zero-order chi connectivity index (χ0) is 22.5. The number of esters is 2. The first kappa shape index (κ1) is 23.8. The number of fused-ring (bicyclic) bond motifs is 1. The van der Waals surface area contributed by atoms with E-state index in [1.165, 1.54) is 12.0 Å². The van der Waals surface area contributed by atoms with Gasteiger partial charge in [0, 0.05) is 26.1 Å². The summed E-state index contributed by atoms with van der Waals surface area (Å²) in [7, 11) is 1.33. The number of rotatable bonds is 6. The van der Waals surface area contributed by atoms with Crippen LogP contribution in [0, 0.1) is 17.8 Å². The number of likely N-dealkylation sites (tertiary alicyclic amines) is 2. The Morgan fingerprint density at radius 2 is 1.58 bits per heavy atom. The maximum Gasteiger partial charge on any atom is 0.410 e. The maximum atomic E-state index is 12.5. The average molecular weight is 441 g/mol. The zero-order valence-corrected chi connectivity index (χ0v) is 18.8. The van der Waals surface area contributed by atoms with Crippen LogP contribution in [0.1, 0.15) is 46.0 Å². The summed E-state index contributed by atoms with van der Waals surface area (Å²) in [6.07, 6.45) is 2.86. The molecule has 4 unspecified atom stereocenters. The Bertz CT molecular complexity index is 658. The first-order valence-corrected chi connectivity index (χ1v) is 11.5. The van der Waals surface area contributed by atoms with Crippen molar-refractivity contribution in [3.63, 3.8) is 0 Å². The average Bonchev–Trinajstić information content (AvgIpc) is 3.12. The molecule has 31 heavy (non-hydrogen) atoms. The van der Waals surface area contributed by atoms with Gasteiger partial charge in [-0.25, -0.2) is 9.59 Å². The first-order chi connectivity index (χ1) is 14.9. The van der Waals surface area contributed by atoms with Crippen LogP contribution in [0.25, 0.3) is 0 Å². The number of carbonyl (C=O) groups excluding carboxylic acids is 3. The summed E-state index contributed by atoms with van der Waals surface area (Å²) < 4.78 is 15.3. The molecule has 1 saturated carbocycles. The smallest absolute Gasteiger partial charge is 0.410 e. The van der Waals surface area contributed by atoms with Gasteiger partial charge in [0.25, 0.3) is 0 Å². The minimum Gasteiger partial charge on any atom is -0.465 e. The Balaban J connectivity index is 1.64. The third-order valence-electron chi connectivity index (χ3n) is 6.98. The van der Waals surface area contributed by atoms with E-state index in [4.69, 9.17) is 14.2 Å². The number of ether oxygens (including phenoxy) is 3. The maximum absolute atomic E-state index is 12.5. The number of piperidine rings is 1. The second-order valence-electron chi connectivity index (χ2n) is 8.94. The van der Waals surface area contributed by atoms with Crippen LogP contribution in [0.2, 0.25) is 0 Å².